The third-order valence-electron chi connectivity index (χ3n) is 4.04. The average Bonchev–Trinajstić information content (AvgIpc) is 3.34. The zero-order valence-electron chi connectivity index (χ0n) is 14.8. The molecule has 0 saturated heterocycles. The van der Waals surface area contributed by atoms with E-state index in [0.29, 0.717) is 11.7 Å². The van der Waals surface area contributed by atoms with Crippen LogP contribution in [0.3, 0.4) is 0 Å². The predicted octanol–water partition coefficient (Wildman–Crippen LogP) is 3.65. The van der Waals surface area contributed by atoms with Gasteiger partial charge in [0.25, 0.3) is 0 Å². The summed E-state index contributed by atoms with van der Waals surface area (Å²) in [4.78, 5) is 8.43. The Labute approximate surface area is 160 Å². The fraction of sp³-hybridized carbons (Fsp3) is 0.211. The van der Waals surface area contributed by atoms with Crippen LogP contribution in [0.2, 0.25) is 0 Å². The summed E-state index contributed by atoms with van der Waals surface area (Å²) in [5.41, 5.74) is 1.97. The van der Waals surface area contributed by atoms with Crippen LogP contribution >= 0.6 is 11.8 Å². The van der Waals surface area contributed by atoms with Gasteiger partial charge in [-0.25, -0.2) is 0 Å². The molecular formula is C19H18N6OS. The van der Waals surface area contributed by atoms with E-state index in [1.807, 2.05) is 54.1 Å². The number of hydrogen-bond donors (Lipinski definition) is 0. The smallest absolute Gasteiger partial charge is 0.226 e. The molecule has 27 heavy (non-hydrogen) atoms. The molecule has 0 spiro atoms. The van der Waals surface area contributed by atoms with Crippen LogP contribution in [-0.2, 0) is 13.5 Å². The van der Waals surface area contributed by atoms with Crippen molar-refractivity contribution in [3.63, 3.8) is 0 Å². The topological polar surface area (TPSA) is 82.5 Å². The van der Waals surface area contributed by atoms with E-state index in [0.717, 1.165) is 40.7 Å². The average molecular weight is 378 g/mol. The van der Waals surface area contributed by atoms with Crippen molar-refractivity contribution in [2.24, 2.45) is 7.05 Å². The van der Waals surface area contributed by atoms with Gasteiger partial charge in [0.1, 0.15) is 0 Å². The summed E-state index contributed by atoms with van der Waals surface area (Å²) in [6, 6.07) is 13.8. The lowest BCUT2D eigenvalue weighted by Gasteiger charge is -2.03. The summed E-state index contributed by atoms with van der Waals surface area (Å²) in [5, 5.41) is 13.5. The second-order valence-electron chi connectivity index (χ2n) is 5.93. The summed E-state index contributed by atoms with van der Waals surface area (Å²) >= 11 is 1.68. The largest absolute Gasteiger partial charge is 0.339 e. The molecule has 0 aliphatic heterocycles. The standard InChI is InChI=1S/C19H18N6OS/c1-25-18(15-6-3-2-4-7-15)22-23-19(25)27-13-5-8-16-21-17(24-26-16)14-9-11-20-12-10-14/h2-4,6-7,9-12H,5,8,13H2,1H3. The van der Waals surface area contributed by atoms with Gasteiger partial charge in [-0.05, 0) is 18.6 Å². The van der Waals surface area contributed by atoms with Crippen molar-refractivity contribution >= 4 is 11.8 Å². The first kappa shape index (κ1) is 17.4. The molecule has 0 saturated carbocycles. The number of rotatable bonds is 7. The summed E-state index contributed by atoms with van der Waals surface area (Å²) in [6.45, 7) is 0. The maximum atomic E-state index is 5.33. The van der Waals surface area contributed by atoms with E-state index in [4.69, 9.17) is 4.52 Å². The Morgan fingerprint density at radius 2 is 1.81 bits per heavy atom. The van der Waals surface area contributed by atoms with E-state index >= 15 is 0 Å². The van der Waals surface area contributed by atoms with Gasteiger partial charge in [-0.2, -0.15) is 4.98 Å². The minimum absolute atomic E-state index is 0.598. The highest BCUT2D eigenvalue weighted by Crippen LogP contribution is 2.23. The van der Waals surface area contributed by atoms with Gasteiger partial charge in [0, 0.05) is 42.7 Å². The third-order valence-corrected chi connectivity index (χ3v) is 5.15. The van der Waals surface area contributed by atoms with E-state index in [1.54, 1.807) is 24.2 Å². The van der Waals surface area contributed by atoms with Gasteiger partial charge in [-0.15, -0.1) is 10.2 Å². The van der Waals surface area contributed by atoms with Gasteiger partial charge in [0.05, 0.1) is 0 Å². The van der Waals surface area contributed by atoms with E-state index < -0.39 is 0 Å². The fourth-order valence-electron chi connectivity index (χ4n) is 2.64. The molecule has 8 heteroatoms. The highest BCUT2D eigenvalue weighted by Gasteiger charge is 2.12. The molecule has 3 heterocycles. The molecule has 4 rings (SSSR count). The molecule has 0 radical (unpaired) electrons. The zero-order valence-corrected chi connectivity index (χ0v) is 15.6. The van der Waals surface area contributed by atoms with Crippen molar-refractivity contribution in [2.45, 2.75) is 18.0 Å². The number of benzene rings is 1. The number of pyridine rings is 1. The van der Waals surface area contributed by atoms with E-state index in [9.17, 15) is 0 Å². The highest BCUT2D eigenvalue weighted by atomic mass is 32.2. The lowest BCUT2D eigenvalue weighted by molar-refractivity contribution is 0.378. The monoisotopic (exact) mass is 378 g/mol. The first-order valence-corrected chi connectivity index (χ1v) is 9.60. The Morgan fingerprint density at radius 1 is 1.00 bits per heavy atom. The van der Waals surface area contributed by atoms with Crippen molar-refractivity contribution in [3.8, 4) is 22.8 Å². The molecule has 4 aromatic rings. The predicted molar refractivity (Wildman–Crippen MR) is 103 cm³/mol. The van der Waals surface area contributed by atoms with E-state index in [-0.39, 0.29) is 0 Å². The van der Waals surface area contributed by atoms with Crippen LogP contribution in [-0.4, -0.2) is 35.6 Å². The van der Waals surface area contributed by atoms with E-state index in [1.165, 1.54) is 0 Å². The Bertz CT molecular complexity index is 999. The van der Waals surface area contributed by atoms with Gasteiger partial charge in [-0.3, -0.25) is 4.98 Å². The van der Waals surface area contributed by atoms with Crippen molar-refractivity contribution in [1.82, 2.24) is 29.9 Å². The molecule has 0 bridgehead atoms. The molecule has 0 unspecified atom stereocenters. The summed E-state index contributed by atoms with van der Waals surface area (Å²) < 4.78 is 7.36. The molecular weight excluding hydrogens is 360 g/mol. The maximum absolute atomic E-state index is 5.33. The van der Waals surface area contributed by atoms with Crippen molar-refractivity contribution in [3.05, 3.63) is 60.7 Å². The van der Waals surface area contributed by atoms with Gasteiger partial charge in [0.2, 0.25) is 11.7 Å². The molecule has 136 valence electrons. The Balaban J connectivity index is 1.31. The normalized spacial score (nSPS) is 11.0. The van der Waals surface area contributed by atoms with Crippen molar-refractivity contribution in [2.75, 3.05) is 5.75 Å². The number of thioether (sulfide) groups is 1. The van der Waals surface area contributed by atoms with Crippen LogP contribution in [0.25, 0.3) is 22.8 Å². The van der Waals surface area contributed by atoms with Crippen LogP contribution in [0.5, 0.6) is 0 Å². The van der Waals surface area contributed by atoms with Gasteiger partial charge in [0.15, 0.2) is 11.0 Å². The molecule has 1 aromatic carbocycles. The molecule has 0 fully saturated rings. The minimum Gasteiger partial charge on any atom is -0.339 e. The van der Waals surface area contributed by atoms with Gasteiger partial charge in [-0.1, -0.05) is 47.3 Å². The Morgan fingerprint density at radius 3 is 2.63 bits per heavy atom. The van der Waals surface area contributed by atoms with Gasteiger partial charge < -0.3 is 9.09 Å². The van der Waals surface area contributed by atoms with Gasteiger partial charge >= 0.3 is 0 Å². The summed E-state index contributed by atoms with van der Waals surface area (Å²) in [7, 11) is 1.99. The molecule has 3 aromatic heterocycles. The maximum Gasteiger partial charge on any atom is 0.226 e. The highest BCUT2D eigenvalue weighted by molar-refractivity contribution is 7.99. The number of nitrogens with zero attached hydrogens (tertiary/aromatic N) is 6. The van der Waals surface area contributed by atoms with Crippen molar-refractivity contribution in [1.29, 1.82) is 0 Å². The molecule has 7 nitrogen and oxygen atoms in total. The van der Waals surface area contributed by atoms with E-state index in [2.05, 4.69) is 25.3 Å². The zero-order chi connectivity index (χ0) is 18.5. The molecule has 0 atom stereocenters. The first-order valence-electron chi connectivity index (χ1n) is 8.62. The van der Waals surface area contributed by atoms with Crippen LogP contribution < -0.4 is 0 Å². The fourth-order valence-corrected chi connectivity index (χ4v) is 3.49. The third kappa shape index (κ3) is 4.06. The number of aryl methyl sites for hydroxylation is 1. The number of aromatic nitrogens is 6. The second-order valence-corrected chi connectivity index (χ2v) is 6.99. The minimum atomic E-state index is 0.598. The van der Waals surface area contributed by atoms with Crippen LogP contribution in [0, 0.1) is 0 Å². The Hall–Kier alpha value is -3.00. The lowest BCUT2D eigenvalue weighted by atomic mass is 10.2. The van der Waals surface area contributed by atoms with Crippen LogP contribution in [0.4, 0.5) is 0 Å². The number of hydrogen-bond acceptors (Lipinski definition) is 7. The summed E-state index contributed by atoms with van der Waals surface area (Å²) in [6.07, 6.45) is 5.07. The second kappa shape index (κ2) is 8.13. The Kier molecular flexibility index (Phi) is 5.24. The SMILES string of the molecule is Cn1c(SCCCc2nc(-c3ccncc3)no2)nnc1-c1ccccc1. The quantitative estimate of drug-likeness (QED) is 0.358. The lowest BCUT2D eigenvalue weighted by Crippen LogP contribution is -1.96. The molecule has 0 amide bonds. The molecule has 0 aliphatic carbocycles. The van der Waals surface area contributed by atoms with Crippen molar-refractivity contribution < 1.29 is 4.52 Å². The van der Waals surface area contributed by atoms with Crippen LogP contribution in [0.1, 0.15) is 12.3 Å². The van der Waals surface area contributed by atoms with Crippen LogP contribution in [0.15, 0.2) is 64.5 Å². The molecule has 0 aliphatic rings. The summed E-state index contributed by atoms with van der Waals surface area (Å²) in [5.74, 6) is 3.01. The molecule has 0 N–H and O–H groups in total. The first-order chi connectivity index (χ1) is 13.3.